The maximum atomic E-state index is 14.3. The maximum absolute atomic E-state index is 14.3. The fourth-order valence-corrected chi connectivity index (χ4v) is 7.17. The molecule has 0 aliphatic rings. The molecule has 0 spiro atoms. The van der Waals surface area contributed by atoms with Crippen LogP contribution in [0.3, 0.4) is 0 Å². The van der Waals surface area contributed by atoms with Crippen molar-refractivity contribution < 1.29 is 57.6 Å². The molecule has 0 aliphatic heterocycles. The number of Topliss-reactive ketones (excluding diaryl/α,β-unsaturated/α-hetero) is 2. The van der Waals surface area contributed by atoms with E-state index in [4.69, 9.17) is 19.2 Å². The molecule has 0 saturated heterocycles. The third-order valence-corrected chi connectivity index (χ3v) is 11.0. The van der Waals surface area contributed by atoms with Gasteiger partial charge in [-0.3, -0.25) is 28.8 Å². The van der Waals surface area contributed by atoms with E-state index in [9.17, 15) is 38.4 Å². The van der Waals surface area contributed by atoms with Crippen LogP contribution in [-0.4, -0.2) is 47.0 Å². The summed E-state index contributed by atoms with van der Waals surface area (Å²) in [6, 6.07) is 19.7. The Kier molecular flexibility index (Phi) is 21.8. The molecular weight excluding hydrogens is 841 g/mol. The van der Waals surface area contributed by atoms with Crippen molar-refractivity contribution in [2.45, 2.75) is 143 Å². The number of ketones is 4. The lowest BCUT2D eigenvalue weighted by molar-refractivity contribution is -0.187. The summed E-state index contributed by atoms with van der Waals surface area (Å²) < 4.78 is 11.2. The number of benzene rings is 4. The van der Waals surface area contributed by atoms with Gasteiger partial charge in [0.25, 0.3) is 0 Å². The van der Waals surface area contributed by atoms with E-state index in [0.717, 1.165) is 64.2 Å². The highest BCUT2D eigenvalue weighted by Crippen LogP contribution is 2.29. The van der Waals surface area contributed by atoms with Crippen molar-refractivity contribution in [2.75, 3.05) is 0 Å². The summed E-state index contributed by atoms with van der Waals surface area (Å²) in [6.45, 7) is 8.05. The number of carbonyl (C=O) groups is 8. The van der Waals surface area contributed by atoms with Gasteiger partial charge in [-0.1, -0.05) is 128 Å². The van der Waals surface area contributed by atoms with Crippen LogP contribution in [0.15, 0.2) is 84.9 Å². The summed E-state index contributed by atoms with van der Waals surface area (Å²) in [7, 11) is 0. The third-order valence-electron chi connectivity index (χ3n) is 11.0. The summed E-state index contributed by atoms with van der Waals surface area (Å²) in [6.07, 6.45) is 12.7. The monoisotopic (exact) mass is 902 g/mol. The van der Waals surface area contributed by atoms with Crippen LogP contribution in [0.2, 0.25) is 0 Å². The van der Waals surface area contributed by atoms with Crippen molar-refractivity contribution in [1.82, 2.24) is 0 Å². The van der Waals surface area contributed by atoms with E-state index in [1.807, 2.05) is 13.8 Å². The van der Waals surface area contributed by atoms with Gasteiger partial charge < -0.3 is 9.47 Å². The van der Waals surface area contributed by atoms with Gasteiger partial charge in [-0.2, -0.15) is 0 Å². The predicted octanol–water partition coefficient (Wildman–Crippen LogP) is 12.4. The quantitative estimate of drug-likeness (QED) is 0.0132. The van der Waals surface area contributed by atoms with E-state index in [2.05, 4.69) is 13.8 Å². The molecule has 0 unspecified atom stereocenters. The fraction of sp³-hybridized carbons (Fsp3) is 0.407. The first-order chi connectivity index (χ1) is 31.9. The van der Waals surface area contributed by atoms with E-state index in [1.165, 1.54) is 84.9 Å². The van der Waals surface area contributed by atoms with E-state index in [1.54, 1.807) is 0 Å². The number of rotatable bonds is 28. The molecule has 0 amide bonds. The van der Waals surface area contributed by atoms with Gasteiger partial charge in [0, 0.05) is 47.9 Å². The van der Waals surface area contributed by atoms with Crippen LogP contribution in [0.1, 0.15) is 217 Å². The highest BCUT2D eigenvalue weighted by molar-refractivity contribution is 6.18. The van der Waals surface area contributed by atoms with Crippen molar-refractivity contribution in [3.63, 3.8) is 0 Å². The van der Waals surface area contributed by atoms with Crippen LogP contribution in [0.25, 0.3) is 0 Å². The summed E-state index contributed by atoms with van der Waals surface area (Å²) in [5, 5.41) is 0. The van der Waals surface area contributed by atoms with Crippen LogP contribution in [-0.2, 0) is 19.4 Å². The Bertz CT molecular complexity index is 2180. The van der Waals surface area contributed by atoms with Gasteiger partial charge >= 0.3 is 23.9 Å². The van der Waals surface area contributed by atoms with Gasteiger partial charge in [-0.25, -0.2) is 19.4 Å². The second-order valence-corrected chi connectivity index (χ2v) is 16.2. The topological polar surface area (TPSA) is 173 Å². The van der Waals surface area contributed by atoms with Gasteiger partial charge in [0.05, 0.1) is 22.3 Å². The first-order valence-electron chi connectivity index (χ1n) is 23.4. The smallest absolute Gasteiger partial charge is 0.387 e. The molecule has 12 heteroatoms. The number of ether oxygens (including phenoxy) is 2. The average molecular weight is 903 g/mol. The fourth-order valence-electron chi connectivity index (χ4n) is 7.17. The molecule has 0 aliphatic carbocycles. The summed E-state index contributed by atoms with van der Waals surface area (Å²) in [5.74, 6) is -5.70. The SMILES string of the molecule is CCCCCCCC(=O)c1ccc(OC(=O)CCCC)c(C(=O)c2ccccc2C(=O)OOC(=O)c2ccccc2C(=O)c2cc(C(=O)CCCCCCC)ccc2OC(=O)CCCC)c1. The minimum atomic E-state index is -1.24. The number of hydrogen-bond donors (Lipinski definition) is 0. The second kappa shape index (κ2) is 27.7. The largest absolute Gasteiger partial charge is 0.426 e. The molecule has 4 aromatic carbocycles. The highest BCUT2D eigenvalue weighted by Gasteiger charge is 2.28. The second-order valence-electron chi connectivity index (χ2n) is 16.2. The minimum absolute atomic E-state index is 0.0901. The van der Waals surface area contributed by atoms with Gasteiger partial charge in [-0.05, 0) is 74.2 Å². The standard InChI is InChI=1S/C54H62O12/c1-5-9-13-15-17-27-45(55)37-31-33-47(63-49(57)29-11-7-3)43(35-37)51(59)39-23-19-21-25-41(39)53(61)65-66-54(62)42-26-22-20-24-40(42)52(60)44-36-38(46(56)28-18-16-14-10-6-2)32-34-48(44)64-50(58)30-12-8-4/h19-26,31-36H,5-18,27-30H2,1-4H3. The van der Waals surface area contributed by atoms with Crippen molar-refractivity contribution in [3.05, 3.63) is 129 Å². The zero-order valence-electron chi connectivity index (χ0n) is 38.7. The molecule has 350 valence electrons. The molecule has 4 rings (SSSR count). The average Bonchev–Trinajstić information content (AvgIpc) is 3.33. The Hall–Kier alpha value is -6.56. The lowest BCUT2D eigenvalue weighted by atomic mass is 9.94. The molecule has 66 heavy (non-hydrogen) atoms. The van der Waals surface area contributed by atoms with E-state index in [0.29, 0.717) is 25.7 Å². The van der Waals surface area contributed by atoms with E-state index in [-0.39, 0.29) is 93.3 Å². The molecule has 0 radical (unpaired) electrons. The molecule has 0 heterocycles. The molecule has 0 N–H and O–H groups in total. The van der Waals surface area contributed by atoms with Crippen molar-refractivity contribution >= 4 is 47.0 Å². The normalized spacial score (nSPS) is 10.8. The Balaban J connectivity index is 1.60. The zero-order valence-corrected chi connectivity index (χ0v) is 38.7. The number of carbonyl (C=O) groups excluding carboxylic acids is 8. The predicted molar refractivity (Wildman–Crippen MR) is 249 cm³/mol. The van der Waals surface area contributed by atoms with Crippen molar-refractivity contribution in [1.29, 1.82) is 0 Å². The van der Waals surface area contributed by atoms with E-state index >= 15 is 0 Å². The molecule has 12 nitrogen and oxygen atoms in total. The first kappa shape index (κ1) is 52.1. The first-order valence-corrected chi connectivity index (χ1v) is 23.4. The van der Waals surface area contributed by atoms with Crippen molar-refractivity contribution in [2.24, 2.45) is 0 Å². The highest BCUT2D eigenvalue weighted by atomic mass is 17.2. The van der Waals surface area contributed by atoms with Gasteiger partial charge in [-0.15, -0.1) is 0 Å². The molecule has 0 atom stereocenters. The third kappa shape index (κ3) is 15.6. The molecule has 0 saturated carbocycles. The zero-order chi connectivity index (χ0) is 47.8. The van der Waals surface area contributed by atoms with Gasteiger partial charge in [0.1, 0.15) is 11.5 Å². The van der Waals surface area contributed by atoms with Gasteiger partial charge in [0.2, 0.25) is 0 Å². The molecule has 0 aromatic heterocycles. The Morgan fingerprint density at radius 2 is 0.712 bits per heavy atom. The van der Waals surface area contributed by atoms with Crippen LogP contribution in [0.5, 0.6) is 11.5 Å². The minimum Gasteiger partial charge on any atom is -0.426 e. The lowest BCUT2D eigenvalue weighted by Gasteiger charge is -2.14. The van der Waals surface area contributed by atoms with Crippen LogP contribution >= 0.6 is 0 Å². The molecular formula is C54H62O12. The van der Waals surface area contributed by atoms with Crippen LogP contribution in [0.4, 0.5) is 0 Å². The Morgan fingerprint density at radius 1 is 0.364 bits per heavy atom. The summed E-state index contributed by atoms with van der Waals surface area (Å²) in [5.41, 5.74) is -0.788. The molecule has 0 fully saturated rings. The Morgan fingerprint density at radius 3 is 1.08 bits per heavy atom. The van der Waals surface area contributed by atoms with Gasteiger partial charge in [0.15, 0.2) is 23.1 Å². The number of hydrogen-bond acceptors (Lipinski definition) is 12. The van der Waals surface area contributed by atoms with Crippen LogP contribution < -0.4 is 9.47 Å². The maximum Gasteiger partial charge on any atom is 0.387 e. The molecule has 4 aromatic rings. The lowest BCUT2D eigenvalue weighted by Crippen LogP contribution is -2.19. The Labute approximate surface area is 387 Å². The van der Waals surface area contributed by atoms with Crippen molar-refractivity contribution in [3.8, 4) is 11.5 Å². The summed E-state index contributed by atoms with van der Waals surface area (Å²) in [4.78, 5) is 118. The summed E-state index contributed by atoms with van der Waals surface area (Å²) >= 11 is 0. The van der Waals surface area contributed by atoms with E-state index < -0.39 is 35.4 Å². The van der Waals surface area contributed by atoms with Crippen LogP contribution in [0, 0.1) is 0 Å². The number of esters is 2. The number of unbranched alkanes of at least 4 members (excludes halogenated alkanes) is 10. The molecule has 0 bridgehead atoms.